The molecule has 32 heavy (non-hydrogen) atoms. The van der Waals surface area contributed by atoms with Gasteiger partial charge in [-0.1, -0.05) is 0 Å². The van der Waals surface area contributed by atoms with Gasteiger partial charge in [0.15, 0.2) is 0 Å². The van der Waals surface area contributed by atoms with Crippen molar-refractivity contribution in [3.63, 3.8) is 0 Å². The van der Waals surface area contributed by atoms with Crippen LogP contribution in [0.5, 0.6) is 0 Å². The Morgan fingerprint density at radius 1 is 0.781 bits per heavy atom. The van der Waals surface area contributed by atoms with E-state index in [1.165, 1.54) is 0 Å². The molecule has 0 aliphatic carbocycles. The molecule has 1 fully saturated rings. The summed E-state index contributed by atoms with van der Waals surface area (Å²) in [6.45, 7) is 11.4. The Kier molecular flexibility index (Phi) is 16.7. The van der Waals surface area contributed by atoms with E-state index in [2.05, 4.69) is 0 Å². The molecule has 10 heteroatoms. The quantitative estimate of drug-likeness (QED) is 0.304. The molecule has 0 aromatic rings. The standard InChI is InChI=1S/C22H43NO9/c1-22(2,3)32-21(25)23-7-5-4-6-20(23)31-19-18-30-17-16-29-15-14-28-13-12-27-11-10-26-9-8-24/h20,24H,4-19H2,1-3H3. The Morgan fingerprint density at radius 2 is 1.25 bits per heavy atom. The molecule has 1 atom stereocenters. The highest BCUT2D eigenvalue weighted by atomic mass is 16.6. The Hall–Kier alpha value is -1.01. The second-order valence-electron chi connectivity index (χ2n) is 8.28. The molecule has 1 aliphatic rings. The summed E-state index contributed by atoms with van der Waals surface area (Å²) in [5.74, 6) is 0. The molecule has 0 saturated carbocycles. The molecule has 1 saturated heterocycles. The van der Waals surface area contributed by atoms with Gasteiger partial charge in [-0.3, -0.25) is 4.90 Å². The summed E-state index contributed by atoms with van der Waals surface area (Å²) in [5.41, 5.74) is -0.517. The molecule has 1 N–H and O–H groups in total. The van der Waals surface area contributed by atoms with Gasteiger partial charge >= 0.3 is 6.09 Å². The predicted octanol–water partition coefficient (Wildman–Crippen LogP) is 1.83. The fourth-order valence-corrected chi connectivity index (χ4v) is 2.89. The van der Waals surface area contributed by atoms with Crippen LogP contribution < -0.4 is 0 Å². The minimum Gasteiger partial charge on any atom is -0.444 e. The maximum absolute atomic E-state index is 12.4. The maximum atomic E-state index is 12.4. The van der Waals surface area contributed by atoms with Gasteiger partial charge in [0.1, 0.15) is 11.8 Å². The number of aliphatic hydroxyl groups excluding tert-OH is 1. The number of hydrogen-bond donors (Lipinski definition) is 1. The van der Waals surface area contributed by atoms with Gasteiger partial charge in [0.25, 0.3) is 0 Å². The van der Waals surface area contributed by atoms with E-state index in [-0.39, 0.29) is 18.9 Å². The summed E-state index contributed by atoms with van der Waals surface area (Å²) >= 11 is 0. The lowest BCUT2D eigenvalue weighted by molar-refractivity contribution is -0.0964. The van der Waals surface area contributed by atoms with Crippen LogP contribution in [0.2, 0.25) is 0 Å². The molecule has 0 spiro atoms. The third-order valence-corrected chi connectivity index (χ3v) is 4.34. The van der Waals surface area contributed by atoms with Crippen LogP contribution >= 0.6 is 0 Å². The zero-order valence-electron chi connectivity index (χ0n) is 20.1. The van der Waals surface area contributed by atoms with E-state index < -0.39 is 5.60 Å². The number of nitrogens with zero attached hydrogens (tertiary/aromatic N) is 1. The average molecular weight is 466 g/mol. The summed E-state index contributed by atoms with van der Waals surface area (Å²) in [6, 6.07) is 0. The fourth-order valence-electron chi connectivity index (χ4n) is 2.89. The lowest BCUT2D eigenvalue weighted by Gasteiger charge is -2.36. The topological polar surface area (TPSA) is 105 Å². The van der Waals surface area contributed by atoms with E-state index in [0.717, 1.165) is 19.3 Å². The third-order valence-electron chi connectivity index (χ3n) is 4.34. The van der Waals surface area contributed by atoms with Gasteiger partial charge < -0.3 is 38.3 Å². The minimum absolute atomic E-state index is 0.0248. The molecule has 1 heterocycles. The van der Waals surface area contributed by atoms with Crippen molar-refractivity contribution in [2.24, 2.45) is 0 Å². The summed E-state index contributed by atoms with van der Waals surface area (Å²) in [5, 5.41) is 8.56. The van der Waals surface area contributed by atoms with Gasteiger partial charge in [-0.05, 0) is 40.0 Å². The average Bonchev–Trinajstić information content (AvgIpc) is 2.75. The Balaban J connectivity index is 1.92. The lowest BCUT2D eigenvalue weighted by atomic mass is 10.1. The molecular formula is C22H43NO9. The second-order valence-corrected chi connectivity index (χ2v) is 8.28. The SMILES string of the molecule is CC(C)(C)OC(=O)N1CCCCC1OCCOCCOCCOCCOCCOCCO. The van der Waals surface area contributed by atoms with Crippen LogP contribution in [0, 0.1) is 0 Å². The predicted molar refractivity (Wildman–Crippen MR) is 118 cm³/mol. The molecule has 0 radical (unpaired) electrons. The monoisotopic (exact) mass is 465 g/mol. The van der Waals surface area contributed by atoms with Crippen LogP contribution in [0.1, 0.15) is 40.0 Å². The largest absolute Gasteiger partial charge is 0.444 e. The Labute approximate surface area is 192 Å². The zero-order chi connectivity index (χ0) is 23.5. The molecule has 190 valence electrons. The van der Waals surface area contributed by atoms with E-state index >= 15 is 0 Å². The van der Waals surface area contributed by atoms with Crippen LogP contribution in [-0.2, 0) is 33.2 Å². The van der Waals surface area contributed by atoms with Crippen LogP contribution in [0.4, 0.5) is 4.79 Å². The fraction of sp³-hybridized carbons (Fsp3) is 0.955. The van der Waals surface area contributed by atoms with Gasteiger partial charge in [-0.25, -0.2) is 4.79 Å². The lowest BCUT2D eigenvalue weighted by Crippen LogP contribution is -2.47. The van der Waals surface area contributed by atoms with Gasteiger partial charge in [-0.2, -0.15) is 0 Å². The normalized spacial score (nSPS) is 17.0. The van der Waals surface area contributed by atoms with Crippen LogP contribution in [0.15, 0.2) is 0 Å². The summed E-state index contributed by atoms with van der Waals surface area (Å²) in [4.78, 5) is 14.0. The van der Waals surface area contributed by atoms with Crippen molar-refractivity contribution in [1.29, 1.82) is 0 Å². The number of carbonyl (C=O) groups excluding carboxylic acids is 1. The van der Waals surface area contributed by atoms with Crippen molar-refractivity contribution in [3.8, 4) is 0 Å². The number of rotatable bonds is 18. The van der Waals surface area contributed by atoms with E-state index in [1.807, 2.05) is 20.8 Å². The third kappa shape index (κ3) is 15.7. The van der Waals surface area contributed by atoms with E-state index in [4.69, 9.17) is 38.3 Å². The van der Waals surface area contributed by atoms with E-state index in [1.54, 1.807) is 4.90 Å². The molecule has 0 aromatic heterocycles. The van der Waals surface area contributed by atoms with Gasteiger partial charge in [-0.15, -0.1) is 0 Å². The maximum Gasteiger partial charge on any atom is 0.412 e. The van der Waals surface area contributed by atoms with Crippen molar-refractivity contribution < 1.29 is 43.1 Å². The first kappa shape index (κ1) is 29.0. The number of ether oxygens (including phenoxy) is 7. The molecule has 1 amide bonds. The summed E-state index contributed by atoms with van der Waals surface area (Å²) in [7, 11) is 0. The number of likely N-dealkylation sites (tertiary alicyclic amines) is 1. The molecule has 1 unspecified atom stereocenters. The van der Waals surface area contributed by atoms with Crippen molar-refractivity contribution >= 4 is 6.09 Å². The molecule has 1 rings (SSSR count). The first-order valence-electron chi connectivity index (χ1n) is 11.5. The summed E-state index contributed by atoms with van der Waals surface area (Å²) in [6.07, 6.45) is 2.23. The van der Waals surface area contributed by atoms with Crippen LogP contribution in [0.3, 0.4) is 0 Å². The number of carbonyl (C=O) groups is 1. The molecular weight excluding hydrogens is 422 g/mol. The first-order chi connectivity index (χ1) is 15.4. The Morgan fingerprint density at radius 3 is 1.72 bits per heavy atom. The van der Waals surface area contributed by atoms with Gasteiger partial charge in [0.05, 0.1) is 79.3 Å². The smallest absolute Gasteiger partial charge is 0.412 e. The van der Waals surface area contributed by atoms with Crippen molar-refractivity contribution in [2.75, 3.05) is 85.8 Å². The zero-order valence-corrected chi connectivity index (χ0v) is 20.1. The van der Waals surface area contributed by atoms with Gasteiger partial charge in [0, 0.05) is 6.54 Å². The van der Waals surface area contributed by atoms with E-state index in [9.17, 15) is 4.79 Å². The first-order valence-corrected chi connectivity index (χ1v) is 11.5. The highest BCUT2D eigenvalue weighted by Gasteiger charge is 2.30. The van der Waals surface area contributed by atoms with E-state index in [0.29, 0.717) is 79.2 Å². The summed E-state index contributed by atoms with van der Waals surface area (Å²) < 4.78 is 38.1. The molecule has 0 bridgehead atoms. The van der Waals surface area contributed by atoms with Crippen molar-refractivity contribution in [1.82, 2.24) is 4.90 Å². The highest BCUT2D eigenvalue weighted by Crippen LogP contribution is 2.21. The van der Waals surface area contributed by atoms with Crippen molar-refractivity contribution in [2.45, 2.75) is 51.9 Å². The van der Waals surface area contributed by atoms with Crippen molar-refractivity contribution in [3.05, 3.63) is 0 Å². The highest BCUT2D eigenvalue weighted by molar-refractivity contribution is 5.68. The second kappa shape index (κ2) is 18.4. The van der Waals surface area contributed by atoms with Crippen LogP contribution in [0.25, 0.3) is 0 Å². The molecule has 10 nitrogen and oxygen atoms in total. The van der Waals surface area contributed by atoms with Gasteiger partial charge in [0.2, 0.25) is 0 Å². The number of amides is 1. The number of piperidine rings is 1. The minimum atomic E-state index is -0.517. The van der Waals surface area contributed by atoms with Crippen LogP contribution in [-0.4, -0.2) is 114 Å². The molecule has 1 aliphatic heterocycles. The molecule has 0 aromatic carbocycles. The number of aliphatic hydroxyl groups is 1. The number of hydrogen-bond acceptors (Lipinski definition) is 9. The Bertz CT molecular complexity index is 459.